The molecule has 1 aromatic carbocycles. The van der Waals surface area contributed by atoms with Crippen LogP contribution in [-0.4, -0.2) is 23.6 Å². The zero-order chi connectivity index (χ0) is 15.1. The standard InChI is InChI=1S/C14H17ClN2O3/c1-2-9(18)7-8-12(13(16)19)17-14(20)10-5-3-4-6-11(10)15/h3-6,12H,2,7-8H2,1H3,(H2,16,19)(H,17,20)/t12-/m1/s1. The molecule has 0 aromatic heterocycles. The first kappa shape index (κ1) is 16.2. The van der Waals surface area contributed by atoms with E-state index in [1.54, 1.807) is 31.2 Å². The lowest BCUT2D eigenvalue weighted by Gasteiger charge is -2.15. The highest BCUT2D eigenvalue weighted by molar-refractivity contribution is 6.33. The number of rotatable bonds is 7. The van der Waals surface area contributed by atoms with Crippen LogP contribution in [0, 0.1) is 0 Å². The number of nitrogens with one attached hydrogen (secondary N) is 1. The summed E-state index contributed by atoms with van der Waals surface area (Å²) in [6, 6.07) is 5.61. The zero-order valence-corrected chi connectivity index (χ0v) is 11.9. The van der Waals surface area contributed by atoms with Crippen LogP contribution in [-0.2, 0) is 9.59 Å². The Kier molecular flexibility index (Phi) is 6.18. The second kappa shape index (κ2) is 7.65. The average molecular weight is 297 g/mol. The number of halogens is 1. The van der Waals surface area contributed by atoms with E-state index in [2.05, 4.69) is 5.32 Å². The van der Waals surface area contributed by atoms with Crippen molar-refractivity contribution in [1.82, 2.24) is 5.32 Å². The lowest BCUT2D eigenvalue weighted by Crippen LogP contribution is -2.44. The van der Waals surface area contributed by atoms with Gasteiger partial charge in [0.1, 0.15) is 11.8 Å². The number of carbonyl (C=O) groups is 3. The van der Waals surface area contributed by atoms with Gasteiger partial charge >= 0.3 is 0 Å². The van der Waals surface area contributed by atoms with Crippen molar-refractivity contribution in [2.24, 2.45) is 5.73 Å². The molecule has 0 heterocycles. The molecule has 0 aliphatic heterocycles. The van der Waals surface area contributed by atoms with Crippen LogP contribution in [0.1, 0.15) is 36.5 Å². The average Bonchev–Trinajstić information content (AvgIpc) is 2.42. The predicted molar refractivity (Wildman–Crippen MR) is 76.4 cm³/mol. The van der Waals surface area contributed by atoms with Crippen molar-refractivity contribution in [1.29, 1.82) is 0 Å². The third-order valence-corrected chi connectivity index (χ3v) is 3.20. The first-order valence-corrected chi connectivity index (χ1v) is 6.70. The summed E-state index contributed by atoms with van der Waals surface area (Å²) in [6.45, 7) is 1.74. The molecule has 0 fully saturated rings. The molecule has 0 saturated carbocycles. The van der Waals surface area contributed by atoms with Gasteiger partial charge in [-0.25, -0.2) is 0 Å². The molecule has 0 unspecified atom stereocenters. The zero-order valence-electron chi connectivity index (χ0n) is 11.2. The quantitative estimate of drug-likeness (QED) is 0.802. The molecule has 2 amide bonds. The summed E-state index contributed by atoms with van der Waals surface area (Å²) in [5.74, 6) is -1.14. The SMILES string of the molecule is CCC(=O)CC[C@@H](NC(=O)c1ccccc1Cl)C(N)=O. The Hall–Kier alpha value is -1.88. The maximum absolute atomic E-state index is 12.0. The van der Waals surface area contributed by atoms with Gasteiger partial charge in [-0.1, -0.05) is 30.7 Å². The van der Waals surface area contributed by atoms with Gasteiger partial charge in [0.05, 0.1) is 10.6 Å². The van der Waals surface area contributed by atoms with Gasteiger partial charge in [-0.3, -0.25) is 14.4 Å². The van der Waals surface area contributed by atoms with E-state index < -0.39 is 17.9 Å². The Morgan fingerprint density at radius 2 is 1.95 bits per heavy atom. The van der Waals surface area contributed by atoms with Crippen LogP contribution in [0.2, 0.25) is 5.02 Å². The summed E-state index contributed by atoms with van der Waals surface area (Å²) in [5.41, 5.74) is 5.50. The Bertz CT molecular complexity index is 517. The predicted octanol–water partition coefficient (Wildman–Crippen LogP) is 1.68. The monoisotopic (exact) mass is 296 g/mol. The molecule has 0 bridgehead atoms. The van der Waals surface area contributed by atoms with E-state index in [1.165, 1.54) is 0 Å². The number of amides is 2. The van der Waals surface area contributed by atoms with E-state index in [0.717, 1.165) is 0 Å². The number of ketones is 1. The third-order valence-electron chi connectivity index (χ3n) is 2.87. The highest BCUT2D eigenvalue weighted by atomic mass is 35.5. The summed E-state index contributed by atoms with van der Waals surface area (Å²) in [7, 11) is 0. The largest absolute Gasteiger partial charge is 0.368 e. The summed E-state index contributed by atoms with van der Waals surface area (Å²) in [6.07, 6.45) is 0.787. The highest BCUT2D eigenvalue weighted by Gasteiger charge is 2.20. The fourth-order valence-corrected chi connectivity index (χ4v) is 1.87. The highest BCUT2D eigenvalue weighted by Crippen LogP contribution is 2.15. The molecule has 0 aliphatic carbocycles. The molecule has 1 atom stereocenters. The maximum atomic E-state index is 12.0. The number of carbonyl (C=O) groups excluding carboxylic acids is 3. The molecule has 108 valence electrons. The van der Waals surface area contributed by atoms with Crippen LogP contribution in [0.5, 0.6) is 0 Å². The smallest absolute Gasteiger partial charge is 0.253 e. The number of primary amides is 1. The lowest BCUT2D eigenvalue weighted by molar-refractivity contribution is -0.121. The van der Waals surface area contributed by atoms with Gasteiger partial charge in [0, 0.05) is 12.8 Å². The fraction of sp³-hybridized carbons (Fsp3) is 0.357. The van der Waals surface area contributed by atoms with Crippen molar-refractivity contribution in [3.05, 3.63) is 34.9 Å². The van der Waals surface area contributed by atoms with Gasteiger partial charge in [0.25, 0.3) is 5.91 Å². The van der Waals surface area contributed by atoms with Crippen molar-refractivity contribution in [3.8, 4) is 0 Å². The van der Waals surface area contributed by atoms with Crippen LogP contribution in [0.15, 0.2) is 24.3 Å². The van der Waals surface area contributed by atoms with Crippen molar-refractivity contribution >= 4 is 29.2 Å². The van der Waals surface area contributed by atoms with Crippen molar-refractivity contribution in [3.63, 3.8) is 0 Å². The Morgan fingerprint density at radius 1 is 1.30 bits per heavy atom. The Balaban J connectivity index is 2.71. The number of benzene rings is 1. The second-order valence-corrected chi connectivity index (χ2v) is 4.75. The van der Waals surface area contributed by atoms with Gasteiger partial charge in [0.15, 0.2) is 0 Å². The Morgan fingerprint density at radius 3 is 2.50 bits per heavy atom. The van der Waals surface area contributed by atoms with E-state index in [1.807, 2.05) is 0 Å². The van der Waals surface area contributed by atoms with Crippen LogP contribution >= 0.6 is 11.6 Å². The molecule has 20 heavy (non-hydrogen) atoms. The number of nitrogens with two attached hydrogens (primary N) is 1. The van der Waals surface area contributed by atoms with Crippen LogP contribution in [0.4, 0.5) is 0 Å². The summed E-state index contributed by atoms with van der Waals surface area (Å²) in [4.78, 5) is 34.6. The molecule has 3 N–H and O–H groups in total. The van der Waals surface area contributed by atoms with Crippen LogP contribution in [0.3, 0.4) is 0 Å². The lowest BCUT2D eigenvalue weighted by atomic mass is 10.1. The number of Topliss-reactive ketones (excluding diaryl/α,β-unsaturated/α-hetero) is 1. The number of hydrogen-bond acceptors (Lipinski definition) is 3. The Labute approximate surface area is 122 Å². The molecule has 1 aromatic rings. The van der Waals surface area contributed by atoms with E-state index in [0.29, 0.717) is 6.42 Å². The summed E-state index contributed by atoms with van der Waals surface area (Å²) in [5, 5.41) is 2.79. The van der Waals surface area contributed by atoms with Crippen LogP contribution in [0.25, 0.3) is 0 Å². The van der Waals surface area contributed by atoms with Gasteiger partial charge in [-0.2, -0.15) is 0 Å². The van der Waals surface area contributed by atoms with Crippen LogP contribution < -0.4 is 11.1 Å². The topological polar surface area (TPSA) is 89.3 Å². The first-order valence-electron chi connectivity index (χ1n) is 6.32. The molecule has 1 rings (SSSR count). The van der Waals surface area contributed by atoms with Crippen molar-refractivity contribution < 1.29 is 14.4 Å². The molecule has 0 spiro atoms. The molecular formula is C14H17ClN2O3. The van der Waals surface area contributed by atoms with E-state index in [4.69, 9.17) is 17.3 Å². The normalized spacial score (nSPS) is 11.7. The van der Waals surface area contributed by atoms with Gasteiger partial charge in [-0.05, 0) is 18.6 Å². The van der Waals surface area contributed by atoms with E-state index in [-0.39, 0.29) is 29.2 Å². The van der Waals surface area contributed by atoms with E-state index in [9.17, 15) is 14.4 Å². The summed E-state index contributed by atoms with van der Waals surface area (Å²) >= 11 is 5.90. The van der Waals surface area contributed by atoms with Crippen molar-refractivity contribution in [2.45, 2.75) is 32.2 Å². The fourth-order valence-electron chi connectivity index (χ4n) is 1.65. The van der Waals surface area contributed by atoms with E-state index >= 15 is 0 Å². The molecule has 0 radical (unpaired) electrons. The minimum absolute atomic E-state index is 0.0169. The molecule has 0 saturated heterocycles. The molecule has 6 heteroatoms. The summed E-state index contributed by atoms with van der Waals surface area (Å²) < 4.78 is 0. The van der Waals surface area contributed by atoms with Gasteiger partial charge < -0.3 is 11.1 Å². The van der Waals surface area contributed by atoms with Crippen molar-refractivity contribution in [2.75, 3.05) is 0 Å². The molecular weight excluding hydrogens is 280 g/mol. The second-order valence-electron chi connectivity index (χ2n) is 4.34. The molecule has 0 aliphatic rings. The number of hydrogen-bond donors (Lipinski definition) is 2. The third kappa shape index (κ3) is 4.66. The molecule has 5 nitrogen and oxygen atoms in total. The van der Waals surface area contributed by atoms with Gasteiger partial charge in [-0.15, -0.1) is 0 Å². The minimum Gasteiger partial charge on any atom is -0.368 e. The first-order chi connectivity index (χ1) is 9.45. The minimum atomic E-state index is -0.880. The maximum Gasteiger partial charge on any atom is 0.253 e. The van der Waals surface area contributed by atoms with Gasteiger partial charge in [0.2, 0.25) is 5.91 Å².